The third kappa shape index (κ3) is 1.34. The first-order chi connectivity index (χ1) is 5.31. The zero-order valence-electron chi connectivity index (χ0n) is 7.34. The Hall–Kier alpha value is -0.300. The molecule has 0 radical (unpaired) electrons. The van der Waals surface area contributed by atoms with Crippen molar-refractivity contribution in [1.82, 2.24) is 4.90 Å². The van der Waals surface area contributed by atoms with Crippen molar-refractivity contribution in [2.24, 2.45) is 5.92 Å². The molecule has 1 aliphatic heterocycles. The largest absolute Gasteiger partial charge is 0.296 e. The number of likely N-dealkylation sites (tertiary alicyclic amines) is 1. The Balaban J connectivity index is 1.82. The molecule has 0 spiro atoms. The van der Waals surface area contributed by atoms with Gasteiger partial charge in [0, 0.05) is 12.6 Å². The van der Waals surface area contributed by atoms with Crippen molar-refractivity contribution in [3.63, 3.8) is 0 Å². The Labute approximate surface area is 69.1 Å². The van der Waals surface area contributed by atoms with Gasteiger partial charge in [0.25, 0.3) is 0 Å². The van der Waals surface area contributed by atoms with Gasteiger partial charge in [0.1, 0.15) is 0 Å². The van der Waals surface area contributed by atoms with E-state index in [0.717, 1.165) is 24.9 Å². The molecule has 2 unspecified atom stereocenters. The number of fused-ring (bicyclic) bond motifs is 1. The van der Waals surface area contributed by atoms with E-state index in [0.29, 0.717) is 0 Å². The summed E-state index contributed by atoms with van der Waals surface area (Å²) in [7, 11) is 0. The molecule has 0 bridgehead atoms. The fraction of sp³-hybridized carbons (Fsp3) is 0.800. The topological polar surface area (TPSA) is 3.24 Å². The maximum atomic E-state index is 4.05. The second kappa shape index (κ2) is 2.63. The van der Waals surface area contributed by atoms with Crippen molar-refractivity contribution >= 4 is 0 Å². The van der Waals surface area contributed by atoms with E-state index in [4.69, 9.17) is 0 Å². The van der Waals surface area contributed by atoms with Crippen molar-refractivity contribution in [1.29, 1.82) is 0 Å². The van der Waals surface area contributed by atoms with Gasteiger partial charge in [-0.2, -0.15) is 0 Å². The third-order valence-electron chi connectivity index (χ3n) is 3.07. The smallest absolute Gasteiger partial charge is 0.0193 e. The SMILES string of the molecule is C=C(CC)CN1CCC2CC21. The standard InChI is InChI=1S/C10H17N/c1-3-8(2)7-11-5-4-9-6-10(9)11/h9-10H,2-7H2,1H3. The Bertz CT molecular complexity index is 174. The van der Waals surface area contributed by atoms with E-state index < -0.39 is 0 Å². The van der Waals surface area contributed by atoms with Gasteiger partial charge in [0.05, 0.1) is 0 Å². The minimum atomic E-state index is 0.957. The lowest BCUT2D eigenvalue weighted by molar-refractivity contribution is 0.323. The van der Waals surface area contributed by atoms with Crippen LogP contribution in [0.25, 0.3) is 0 Å². The summed E-state index contributed by atoms with van der Waals surface area (Å²) in [5.41, 5.74) is 1.40. The number of hydrogen-bond acceptors (Lipinski definition) is 1. The predicted octanol–water partition coefficient (Wildman–Crippen LogP) is 2.05. The molecule has 1 heteroatoms. The van der Waals surface area contributed by atoms with Crippen LogP contribution < -0.4 is 0 Å². The molecule has 0 N–H and O–H groups in total. The average Bonchev–Trinajstić information content (AvgIpc) is 2.70. The van der Waals surface area contributed by atoms with Gasteiger partial charge >= 0.3 is 0 Å². The maximum Gasteiger partial charge on any atom is 0.0193 e. The van der Waals surface area contributed by atoms with Gasteiger partial charge in [-0.25, -0.2) is 0 Å². The van der Waals surface area contributed by atoms with Crippen LogP contribution in [0.4, 0.5) is 0 Å². The van der Waals surface area contributed by atoms with Crippen LogP contribution in [0.3, 0.4) is 0 Å². The highest BCUT2D eigenvalue weighted by atomic mass is 15.2. The summed E-state index contributed by atoms with van der Waals surface area (Å²) in [4.78, 5) is 2.61. The molecule has 2 aliphatic rings. The van der Waals surface area contributed by atoms with E-state index in [1.807, 2.05) is 0 Å². The first-order valence-corrected chi connectivity index (χ1v) is 4.72. The first kappa shape index (κ1) is 7.35. The Morgan fingerprint density at radius 3 is 2.91 bits per heavy atom. The molecule has 0 aromatic carbocycles. The summed E-state index contributed by atoms with van der Waals surface area (Å²) in [5.74, 6) is 1.07. The molecular formula is C10H17N. The van der Waals surface area contributed by atoms with E-state index >= 15 is 0 Å². The monoisotopic (exact) mass is 151 g/mol. The molecule has 1 nitrogen and oxygen atoms in total. The van der Waals surface area contributed by atoms with Crippen molar-refractivity contribution in [2.45, 2.75) is 32.2 Å². The van der Waals surface area contributed by atoms with Crippen molar-refractivity contribution in [2.75, 3.05) is 13.1 Å². The second-order valence-corrected chi connectivity index (χ2v) is 3.93. The Morgan fingerprint density at radius 1 is 1.64 bits per heavy atom. The summed E-state index contributed by atoms with van der Waals surface area (Å²) in [6.07, 6.45) is 4.06. The van der Waals surface area contributed by atoms with Gasteiger partial charge in [0.15, 0.2) is 0 Å². The second-order valence-electron chi connectivity index (χ2n) is 3.93. The first-order valence-electron chi connectivity index (χ1n) is 4.72. The van der Waals surface area contributed by atoms with E-state index in [1.165, 1.54) is 25.0 Å². The highest BCUT2D eigenvalue weighted by molar-refractivity contribution is 5.06. The van der Waals surface area contributed by atoms with E-state index in [1.54, 1.807) is 0 Å². The molecular weight excluding hydrogens is 134 g/mol. The molecule has 2 rings (SSSR count). The molecule has 62 valence electrons. The Kier molecular flexibility index (Phi) is 1.76. The molecule has 1 heterocycles. The molecule has 0 aromatic rings. The van der Waals surface area contributed by atoms with E-state index in [-0.39, 0.29) is 0 Å². The van der Waals surface area contributed by atoms with Crippen molar-refractivity contribution in [3.05, 3.63) is 12.2 Å². The molecule has 2 fully saturated rings. The van der Waals surface area contributed by atoms with Crippen LogP contribution in [-0.4, -0.2) is 24.0 Å². The predicted molar refractivity (Wildman–Crippen MR) is 47.5 cm³/mol. The minimum absolute atomic E-state index is 0.957. The number of nitrogens with zero attached hydrogens (tertiary/aromatic N) is 1. The summed E-state index contributed by atoms with van der Waals surface area (Å²) in [5, 5.41) is 0. The molecule has 0 aromatic heterocycles. The quantitative estimate of drug-likeness (QED) is 0.558. The van der Waals surface area contributed by atoms with Gasteiger partial charge in [0.2, 0.25) is 0 Å². The molecule has 1 saturated heterocycles. The third-order valence-corrected chi connectivity index (χ3v) is 3.07. The minimum Gasteiger partial charge on any atom is -0.296 e. The molecule has 11 heavy (non-hydrogen) atoms. The number of rotatable bonds is 3. The molecule has 1 aliphatic carbocycles. The summed E-state index contributed by atoms with van der Waals surface area (Å²) in [6.45, 7) is 8.74. The highest BCUT2D eigenvalue weighted by Gasteiger charge is 2.46. The van der Waals surface area contributed by atoms with Crippen LogP contribution in [0.15, 0.2) is 12.2 Å². The number of hydrogen-bond donors (Lipinski definition) is 0. The normalized spacial score (nSPS) is 35.4. The van der Waals surface area contributed by atoms with Crippen LogP contribution in [0.1, 0.15) is 26.2 Å². The van der Waals surface area contributed by atoms with Gasteiger partial charge < -0.3 is 0 Å². The van der Waals surface area contributed by atoms with Gasteiger partial charge in [-0.05, 0) is 31.7 Å². The van der Waals surface area contributed by atoms with Crippen LogP contribution in [0.2, 0.25) is 0 Å². The lowest BCUT2D eigenvalue weighted by Gasteiger charge is -2.17. The lowest BCUT2D eigenvalue weighted by atomic mass is 10.2. The van der Waals surface area contributed by atoms with Crippen molar-refractivity contribution in [3.8, 4) is 0 Å². The highest BCUT2D eigenvalue weighted by Crippen LogP contribution is 2.44. The molecule has 2 atom stereocenters. The maximum absolute atomic E-state index is 4.05. The van der Waals surface area contributed by atoms with Crippen LogP contribution in [0.5, 0.6) is 0 Å². The Morgan fingerprint density at radius 2 is 2.45 bits per heavy atom. The van der Waals surface area contributed by atoms with Crippen LogP contribution in [-0.2, 0) is 0 Å². The number of piperidine rings is 1. The van der Waals surface area contributed by atoms with Crippen molar-refractivity contribution < 1.29 is 0 Å². The zero-order chi connectivity index (χ0) is 7.84. The summed E-state index contributed by atoms with van der Waals surface area (Å²) < 4.78 is 0. The van der Waals surface area contributed by atoms with Crippen LogP contribution >= 0.6 is 0 Å². The van der Waals surface area contributed by atoms with E-state index in [2.05, 4.69) is 18.4 Å². The molecule has 0 amide bonds. The summed E-state index contributed by atoms with van der Waals surface area (Å²) in [6, 6.07) is 0.957. The molecule has 1 saturated carbocycles. The van der Waals surface area contributed by atoms with Gasteiger partial charge in [-0.3, -0.25) is 4.90 Å². The average molecular weight is 151 g/mol. The van der Waals surface area contributed by atoms with E-state index in [9.17, 15) is 0 Å². The van der Waals surface area contributed by atoms with Crippen LogP contribution in [0, 0.1) is 5.92 Å². The van der Waals surface area contributed by atoms with Gasteiger partial charge in [-0.15, -0.1) is 0 Å². The fourth-order valence-corrected chi connectivity index (χ4v) is 2.08. The van der Waals surface area contributed by atoms with Gasteiger partial charge in [-0.1, -0.05) is 19.1 Å². The zero-order valence-corrected chi connectivity index (χ0v) is 7.34. The lowest BCUT2D eigenvalue weighted by Crippen LogP contribution is -2.25. The fourth-order valence-electron chi connectivity index (χ4n) is 2.08. The summed E-state index contributed by atoms with van der Waals surface area (Å²) >= 11 is 0.